The molecule has 29 heavy (non-hydrogen) atoms. The lowest BCUT2D eigenvalue weighted by molar-refractivity contribution is 0.0950. The SMILES string of the molecule is CCCCOc1cccc(CNC(=O)c2c(C)nn(-c3ccc(F)cc3)c2Cl)c1. The number of nitrogens with one attached hydrogen (secondary N) is 1. The molecule has 0 fully saturated rings. The first-order valence-electron chi connectivity index (χ1n) is 9.50. The molecule has 0 saturated carbocycles. The van der Waals surface area contributed by atoms with Crippen LogP contribution in [-0.4, -0.2) is 22.3 Å². The fourth-order valence-corrected chi connectivity index (χ4v) is 3.22. The number of hydrogen-bond acceptors (Lipinski definition) is 3. The van der Waals surface area contributed by atoms with E-state index in [1.807, 2.05) is 24.3 Å². The topological polar surface area (TPSA) is 56.1 Å². The van der Waals surface area contributed by atoms with Crippen molar-refractivity contribution in [3.05, 3.63) is 76.3 Å². The van der Waals surface area contributed by atoms with E-state index in [4.69, 9.17) is 16.3 Å². The van der Waals surface area contributed by atoms with Crippen molar-refractivity contribution in [2.75, 3.05) is 6.61 Å². The Kier molecular flexibility index (Phi) is 6.88. The molecule has 0 saturated heterocycles. The van der Waals surface area contributed by atoms with Gasteiger partial charge in [0, 0.05) is 6.54 Å². The normalized spacial score (nSPS) is 10.8. The third-order valence-corrected chi connectivity index (χ3v) is 4.77. The summed E-state index contributed by atoms with van der Waals surface area (Å²) in [7, 11) is 0. The molecule has 0 unspecified atom stereocenters. The van der Waals surface area contributed by atoms with Gasteiger partial charge in [0.2, 0.25) is 0 Å². The highest BCUT2D eigenvalue weighted by Gasteiger charge is 2.21. The van der Waals surface area contributed by atoms with Gasteiger partial charge in [-0.25, -0.2) is 9.07 Å². The Bertz CT molecular complexity index is 986. The Balaban J connectivity index is 1.70. The van der Waals surface area contributed by atoms with Gasteiger partial charge >= 0.3 is 0 Å². The third-order valence-electron chi connectivity index (χ3n) is 4.42. The van der Waals surface area contributed by atoms with Crippen LogP contribution in [0.4, 0.5) is 4.39 Å². The van der Waals surface area contributed by atoms with E-state index in [2.05, 4.69) is 17.3 Å². The number of ether oxygens (including phenoxy) is 1. The molecule has 0 radical (unpaired) electrons. The molecule has 3 aromatic rings. The molecular formula is C22H23ClFN3O2. The van der Waals surface area contributed by atoms with E-state index in [1.165, 1.54) is 16.8 Å². The van der Waals surface area contributed by atoms with Crippen LogP contribution in [0.1, 0.15) is 41.4 Å². The van der Waals surface area contributed by atoms with Gasteiger partial charge in [-0.1, -0.05) is 37.1 Å². The van der Waals surface area contributed by atoms with Gasteiger partial charge in [-0.15, -0.1) is 0 Å². The zero-order valence-electron chi connectivity index (χ0n) is 16.4. The average Bonchev–Trinajstić information content (AvgIpc) is 3.01. The van der Waals surface area contributed by atoms with Gasteiger partial charge in [0.25, 0.3) is 5.91 Å². The summed E-state index contributed by atoms with van der Waals surface area (Å²) in [5.74, 6) is 0.106. The minimum atomic E-state index is -0.354. The fraction of sp³-hybridized carbons (Fsp3) is 0.273. The lowest BCUT2D eigenvalue weighted by Crippen LogP contribution is -2.23. The van der Waals surface area contributed by atoms with Crippen LogP contribution in [0.25, 0.3) is 5.69 Å². The molecule has 1 heterocycles. The van der Waals surface area contributed by atoms with Crippen LogP contribution in [0.2, 0.25) is 5.15 Å². The number of hydrogen-bond donors (Lipinski definition) is 1. The van der Waals surface area contributed by atoms with E-state index in [0.717, 1.165) is 24.2 Å². The van der Waals surface area contributed by atoms with E-state index in [9.17, 15) is 9.18 Å². The van der Waals surface area contributed by atoms with Crippen molar-refractivity contribution in [3.63, 3.8) is 0 Å². The summed E-state index contributed by atoms with van der Waals surface area (Å²) in [5, 5.41) is 7.38. The van der Waals surface area contributed by atoms with Crippen molar-refractivity contribution in [2.45, 2.75) is 33.2 Å². The van der Waals surface area contributed by atoms with Crippen molar-refractivity contribution in [1.29, 1.82) is 0 Å². The maximum atomic E-state index is 13.2. The number of nitrogens with zero attached hydrogens (tertiary/aromatic N) is 2. The molecule has 152 valence electrons. The van der Waals surface area contributed by atoms with Crippen molar-refractivity contribution >= 4 is 17.5 Å². The van der Waals surface area contributed by atoms with Gasteiger partial charge in [-0.05, 0) is 55.3 Å². The number of rotatable bonds is 8. The molecule has 7 heteroatoms. The van der Waals surface area contributed by atoms with E-state index in [0.29, 0.717) is 30.1 Å². The highest BCUT2D eigenvalue weighted by Crippen LogP contribution is 2.24. The minimum absolute atomic E-state index is 0.184. The maximum Gasteiger partial charge on any atom is 0.256 e. The number of aromatic nitrogens is 2. The Morgan fingerprint density at radius 1 is 1.24 bits per heavy atom. The van der Waals surface area contributed by atoms with Gasteiger partial charge in [-0.2, -0.15) is 5.10 Å². The summed E-state index contributed by atoms with van der Waals surface area (Å²) < 4.78 is 20.3. The zero-order chi connectivity index (χ0) is 20.8. The van der Waals surface area contributed by atoms with Crippen LogP contribution in [0.15, 0.2) is 48.5 Å². The van der Waals surface area contributed by atoms with Crippen molar-refractivity contribution in [1.82, 2.24) is 15.1 Å². The van der Waals surface area contributed by atoms with Crippen molar-refractivity contribution in [3.8, 4) is 11.4 Å². The second-order valence-electron chi connectivity index (χ2n) is 6.67. The number of halogens is 2. The Hall–Kier alpha value is -2.86. The number of aryl methyl sites for hydroxylation is 1. The van der Waals surface area contributed by atoms with Gasteiger partial charge < -0.3 is 10.1 Å². The van der Waals surface area contributed by atoms with Gasteiger partial charge in [0.05, 0.1) is 23.6 Å². The largest absolute Gasteiger partial charge is 0.494 e. The number of benzene rings is 2. The van der Waals surface area contributed by atoms with Crippen LogP contribution in [0.3, 0.4) is 0 Å². The van der Waals surface area contributed by atoms with E-state index in [1.54, 1.807) is 19.1 Å². The Morgan fingerprint density at radius 2 is 2.00 bits per heavy atom. The first-order chi connectivity index (χ1) is 14.0. The average molecular weight is 416 g/mol. The summed E-state index contributed by atoms with van der Waals surface area (Å²) in [5.41, 5.74) is 2.29. The summed E-state index contributed by atoms with van der Waals surface area (Å²) >= 11 is 6.40. The lowest BCUT2D eigenvalue weighted by Gasteiger charge is -2.09. The molecule has 0 spiro atoms. The second-order valence-corrected chi connectivity index (χ2v) is 7.03. The smallest absolute Gasteiger partial charge is 0.256 e. The number of unbranched alkanes of at least 4 members (excludes halogenated alkanes) is 1. The maximum absolute atomic E-state index is 13.2. The molecule has 2 aromatic carbocycles. The van der Waals surface area contributed by atoms with E-state index >= 15 is 0 Å². The fourth-order valence-electron chi connectivity index (χ4n) is 2.86. The molecule has 1 aromatic heterocycles. The predicted octanol–water partition coefficient (Wildman–Crippen LogP) is 5.08. The highest BCUT2D eigenvalue weighted by atomic mass is 35.5. The van der Waals surface area contributed by atoms with Crippen LogP contribution in [-0.2, 0) is 6.54 Å². The molecule has 0 bridgehead atoms. The van der Waals surface area contributed by atoms with E-state index in [-0.39, 0.29) is 16.9 Å². The number of carbonyl (C=O) groups is 1. The monoisotopic (exact) mass is 415 g/mol. The van der Waals surface area contributed by atoms with Crippen LogP contribution >= 0.6 is 11.6 Å². The second kappa shape index (κ2) is 9.56. The van der Waals surface area contributed by atoms with Crippen molar-refractivity contribution < 1.29 is 13.9 Å². The van der Waals surface area contributed by atoms with Crippen LogP contribution in [0, 0.1) is 12.7 Å². The van der Waals surface area contributed by atoms with Crippen molar-refractivity contribution in [2.24, 2.45) is 0 Å². The molecule has 5 nitrogen and oxygen atoms in total. The first kappa shape index (κ1) is 20.9. The van der Waals surface area contributed by atoms with Crippen LogP contribution in [0.5, 0.6) is 5.75 Å². The molecule has 3 rings (SSSR count). The summed E-state index contributed by atoms with van der Waals surface area (Å²) in [4.78, 5) is 12.7. The standard InChI is InChI=1S/C22H23ClFN3O2/c1-3-4-12-29-19-7-5-6-16(13-19)14-25-22(28)20-15(2)26-27(21(20)23)18-10-8-17(24)9-11-18/h5-11,13H,3-4,12,14H2,1-2H3,(H,25,28). The molecule has 1 amide bonds. The highest BCUT2D eigenvalue weighted by molar-refractivity contribution is 6.33. The van der Waals surface area contributed by atoms with Crippen LogP contribution < -0.4 is 10.1 Å². The molecule has 0 aliphatic heterocycles. The number of amides is 1. The molecule has 0 atom stereocenters. The Morgan fingerprint density at radius 3 is 2.72 bits per heavy atom. The summed E-state index contributed by atoms with van der Waals surface area (Å²) in [6, 6.07) is 13.4. The Labute approximate surface area is 174 Å². The van der Waals surface area contributed by atoms with Gasteiger partial charge in [0.15, 0.2) is 0 Å². The van der Waals surface area contributed by atoms with E-state index < -0.39 is 0 Å². The molecule has 1 N–H and O–H groups in total. The van der Waals surface area contributed by atoms with Gasteiger partial charge in [0.1, 0.15) is 16.7 Å². The summed E-state index contributed by atoms with van der Waals surface area (Å²) in [6.07, 6.45) is 2.07. The quantitative estimate of drug-likeness (QED) is 0.522. The zero-order valence-corrected chi connectivity index (χ0v) is 17.2. The minimum Gasteiger partial charge on any atom is -0.494 e. The molecule has 0 aliphatic carbocycles. The number of carbonyl (C=O) groups excluding carboxylic acids is 1. The summed E-state index contributed by atoms with van der Waals surface area (Å²) in [6.45, 7) is 4.83. The first-order valence-corrected chi connectivity index (χ1v) is 9.88. The lowest BCUT2D eigenvalue weighted by atomic mass is 10.2. The van der Waals surface area contributed by atoms with Gasteiger partial charge in [-0.3, -0.25) is 4.79 Å². The third kappa shape index (κ3) is 5.15. The predicted molar refractivity (Wildman–Crippen MR) is 111 cm³/mol. The molecule has 0 aliphatic rings. The molecular weight excluding hydrogens is 393 g/mol.